The van der Waals surface area contributed by atoms with Gasteiger partial charge in [0.25, 0.3) is 0 Å². The fourth-order valence-corrected chi connectivity index (χ4v) is 3.42. The van der Waals surface area contributed by atoms with Crippen LogP contribution in [0.25, 0.3) is 0 Å². The molecule has 1 amide bonds. The molecule has 0 spiro atoms. The summed E-state index contributed by atoms with van der Waals surface area (Å²) >= 11 is 0. The van der Waals surface area contributed by atoms with E-state index in [-0.39, 0.29) is 29.6 Å². The van der Waals surface area contributed by atoms with Gasteiger partial charge in [-0.1, -0.05) is 13.8 Å². The van der Waals surface area contributed by atoms with E-state index in [4.69, 9.17) is 15.2 Å². The molecule has 1 heterocycles. The quantitative estimate of drug-likeness (QED) is 0.844. The molecule has 2 rings (SSSR count). The lowest BCUT2D eigenvalue weighted by Gasteiger charge is -2.59. The molecule has 1 saturated carbocycles. The second-order valence-electron chi connectivity index (χ2n) is 6.81. The summed E-state index contributed by atoms with van der Waals surface area (Å²) in [5.41, 5.74) is 5.31. The standard InChI is InChI=1S/C15H28N2O3/c1-6-19-12-7-15(16,14(12,4)5)13(18)17-8-10(2)20-11(3)9-17/h10-12H,6-9,16H2,1-5H3. The Balaban J connectivity index is 2.09. The number of hydrogen-bond donors (Lipinski definition) is 1. The van der Waals surface area contributed by atoms with E-state index in [0.29, 0.717) is 26.1 Å². The van der Waals surface area contributed by atoms with E-state index in [0.717, 1.165) is 0 Å². The van der Waals surface area contributed by atoms with Crippen molar-refractivity contribution < 1.29 is 14.3 Å². The minimum Gasteiger partial charge on any atom is -0.378 e. The minimum atomic E-state index is -0.816. The molecule has 20 heavy (non-hydrogen) atoms. The van der Waals surface area contributed by atoms with Gasteiger partial charge < -0.3 is 20.1 Å². The largest absolute Gasteiger partial charge is 0.378 e. The summed E-state index contributed by atoms with van der Waals surface area (Å²) in [7, 11) is 0. The Bertz CT molecular complexity index is 375. The van der Waals surface area contributed by atoms with Gasteiger partial charge in [0.2, 0.25) is 5.91 Å². The van der Waals surface area contributed by atoms with Gasteiger partial charge in [0.15, 0.2) is 0 Å². The van der Waals surface area contributed by atoms with Crippen LogP contribution < -0.4 is 5.73 Å². The molecule has 0 bridgehead atoms. The lowest BCUT2D eigenvalue weighted by Crippen LogP contribution is -2.76. The van der Waals surface area contributed by atoms with Crippen molar-refractivity contribution in [3.8, 4) is 0 Å². The zero-order chi connectivity index (χ0) is 15.1. The Kier molecular flexibility index (Phi) is 4.15. The first kappa shape index (κ1) is 15.7. The number of nitrogens with zero attached hydrogens (tertiary/aromatic N) is 1. The molecule has 4 unspecified atom stereocenters. The van der Waals surface area contributed by atoms with Gasteiger partial charge in [-0.05, 0) is 20.8 Å². The van der Waals surface area contributed by atoms with Crippen molar-refractivity contribution in [2.45, 2.75) is 64.9 Å². The molecule has 0 aromatic rings. The number of morpholine rings is 1. The van der Waals surface area contributed by atoms with Crippen molar-refractivity contribution in [1.82, 2.24) is 4.90 Å². The van der Waals surface area contributed by atoms with Crippen molar-refractivity contribution in [2.24, 2.45) is 11.1 Å². The fourth-order valence-electron chi connectivity index (χ4n) is 3.42. The normalized spacial score (nSPS) is 40.3. The summed E-state index contributed by atoms with van der Waals surface area (Å²) in [6.07, 6.45) is 0.805. The zero-order valence-corrected chi connectivity index (χ0v) is 13.3. The number of hydrogen-bond acceptors (Lipinski definition) is 4. The highest BCUT2D eigenvalue weighted by Crippen LogP contribution is 2.50. The average Bonchev–Trinajstić information content (AvgIpc) is 2.36. The van der Waals surface area contributed by atoms with Crippen molar-refractivity contribution >= 4 is 5.91 Å². The molecule has 1 aliphatic heterocycles. The Morgan fingerprint density at radius 3 is 2.35 bits per heavy atom. The van der Waals surface area contributed by atoms with Crippen molar-refractivity contribution in [1.29, 1.82) is 0 Å². The summed E-state index contributed by atoms with van der Waals surface area (Å²) in [5.74, 6) is 0.0421. The maximum absolute atomic E-state index is 12.8. The van der Waals surface area contributed by atoms with Gasteiger partial charge in [-0.25, -0.2) is 0 Å². The second kappa shape index (κ2) is 5.28. The third kappa shape index (κ3) is 2.36. The molecular formula is C15H28N2O3. The monoisotopic (exact) mass is 284 g/mol. The van der Waals surface area contributed by atoms with Gasteiger partial charge in [0.1, 0.15) is 5.54 Å². The number of carbonyl (C=O) groups is 1. The lowest BCUT2D eigenvalue weighted by molar-refractivity contribution is -0.186. The predicted octanol–water partition coefficient (Wildman–Crippen LogP) is 1.15. The van der Waals surface area contributed by atoms with Crippen LogP contribution in [0.2, 0.25) is 0 Å². The van der Waals surface area contributed by atoms with Crippen molar-refractivity contribution in [2.75, 3.05) is 19.7 Å². The third-order valence-electron chi connectivity index (χ3n) is 4.92. The van der Waals surface area contributed by atoms with Crippen LogP contribution in [0.15, 0.2) is 0 Å². The van der Waals surface area contributed by atoms with Crippen LogP contribution in [-0.2, 0) is 14.3 Å². The highest BCUT2D eigenvalue weighted by atomic mass is 16.5. The van der Waals surface area contributed by atoms with E-state index in [2.05, 4.69) is 0 Å². The van der Waals surface area contributed by atoms with Crippen LogP contribution in [0.5, 0.6) is 0 Å². The molecule has 2 aliphatic rings. The molecule has 1 aliphatic carbocycles. The first-order valence-electron chi connectivity index (χ1n) is 7.57. The highest BCUT2D eigenvalue weighted by Gasteiger charge is 2.63. The summed E-state index contributed by atoms with van der Waals surface area (Å²) < 4.78 is 11.4. The molecule has 0 aromatic heterocycles. The van der Waals surface area contributed by atoms with Crippen LogP contribution >= 0.6 is 0 Å². The molecule has 1 saturated heterocycles. The Labute approximate surface area is 121 Å². The Morgan fingerprint density at radius 2 is 1.90 bits per heavy atom. The maximum Gasteiger partial charge on any atom is 0.243 e. The molecule has 4 atom stereocenters. The van der Waals surface area contributed by atoms with Gasteiger partial charge >= 0.3 is 0 Å². The van der Waals surface area contributed by atoms with Gasteiger partial charge in [-0.15, -0.1) is 0 Å². The smallest absolute Gasteiger partial charge is 0.243 e. The summed E-state index contributed by atoms with van der Waals surface area (Å²) in [4.78, 5) is 14.7. The predicted molar refractivity (Wildman–Crippen MR) is 77.3 cm³/mol. The van der Waals surface area contributed by atoms with E-state index in [1.54, 1.807) is 0 Å². The summed E-state index contributed by atoms with van der Waals surface area (Å²) in [5, 5.41) is 0. The van der Waals surface area contributed by atoms with E-state index in [1.165, 1.54) is 0 Å². The SMILES string of the molecule is CCOC1CC(N)(C(=O)N2CC(C)OC(C)C2)C1(C)C. The number of amides is 1. The first-order chi connectivity index (χ1) is 9.22. The van der Waals surface area contributed by atoms with Gasteiger partial charge in [-0.2, -0.15) is 0 Å². The maximum atomic E-state index is 12.8. The van der Waals surface area contributed by atoms with Crippen molar-refractivity contribution in [3.05, 3.63) is 0 Å². The molecule has 5 nitrogen and oxygen atoms in total. The number of ether oxygens (including phenoxy) is 2. The third-order valence-corrected chi connectivity index (χ3v) is 4.92. The van der Waals surface area contributed by atoms with E-state index < -0.39 is 5.54 Å². The minimum absolute atomic E-state index is 0.0421. The molecule has 2 N–H and O–H groups in total. The van der Waals surface area contributed by atoms with Gasteiger partial charge in [-0.3, -0.25) is 4.79 Å². The van der Waals surface area contributed by atoms with Gasteiger partial charge in [0, 0.05) is 31.5 Å². The highest BCUT2D eigenvalue weighted by molar-refractivity contribution is 5.89. The fraction of sp³-hybridized carbons (Fsp3) is 0.933. The average molecular weight is 284 g/mol. The van der Waals surface area contributed by atoms with E-state index >= 15 is 0 Å². The Hall–Kier alpha value is -0.650. The van der Waals surface area contributed by atoms with E-state index in [1.807, 2.05) is 39.5 Å². The molecule has 2 fully saturated rings. The molecule has 0 aromatic carbocycles. The molecule has 0 radical (unpaired) electrons. The number of rotatable bonds is 3. The van der Waals surface area contributed by atoms with Crippen LogP contribution in [0.4, 0.5) is 0 Å². The molecule has 116 valence electrons. The second-order valence-corrected chi connectivity index (χ2v) is 6.81. The van der Waals surface area contributed by atoms with Crippen LogP contribution in [0.3, 0.4) is 0 Å². The number of carbonyl (C=O) groups excluding carboxylic acids is 1. The first-order valence-corrected chi connectivity index (χ1v) is 7.57. The van der Waals surface area contributed by atoms with Crippen LogP contribution in [0.1, 0.15) is 41.0 Å². The Morgan fingerprint density at radius 1 is 1.35 bits per heavy atom. The lowest BCUT2D eigenvalue weighted by atomic mass is 9.54. The topological polar surface area (TPSA) is 64.8 Å². The number of nitrogens with two attached hydrogens (primary N) is 1. The van der Waals surface area contributed by atoms with Crippen LogP contribution in [0, 0.1) is 5.41 Å². The summed E-state index contributed by atoms with van der Waals surface area (Å²) in [6.45, 7) is 11.9. The van der Waals surface area contributed by atoms with Crippen molar-refractivity contribution in [3.63, 3.8) is 0 Å². The summed E-state index contributed by atoms with van der Waals surface area (Å²) in [6, 6.07) is 0. The van der Waals surface area contributed by atoms with Gasteiger partial charge in [0.05, 0.1) is 18.3 Å². The molecule has 5 heteroatoms. The van der Waals surface area contributed by atoms with E-state index in [9.17, 15) is 4.79 Å². The van der Waals surface area contributed by atoms with Crippen LogP contribution in [-0.4, -0.2) is 54.4 Å². The molecular weight excluding hydrogens is 256 g/mol. The zero-order valence-electron chi connectivity index (χ0n) is 13.3.